The predicted octanol–water partition coefficient (Wildman–Crippen LogP) is 4.45. The normalized spacial score (nSPS) is 14.6. The summed E-state index contributed by atoms with van der Waals surface area (Å²) in [5.74, 6) is -1.42. The molecule has 1 aliphatic carbocycles. The number of hydrogen-bond donors (Lipinski definition) is 0. The molecular formula is C17H16BrF4N3O. The number of rotatable bonds is 4. The topological polar surface area (TPSA) is 38.1 Å². The lowest BCUT2D eigenvalue weighted by atomic mass is 10.1. The van der Waals surface area contributed by atoms with Gasteiger partial charge in [0.05, 0.1) is 11.3 Å². The SMILES string of the molecule is Cc1nn(C)c(F)c1C(=O)N(Cc1cc(Br)ccc1C(F)(F)F)C1CC1. The van der Waals surface area contributed by atoms with Crippen LogP contribution in [0, 0.1) is 12.9 Å². The number of carbonyl (C=O) groups is 1. The first kappa shape index (κ1) is 18.9. The second kappa shape index (κ2) is 6.68. The maximum absolute atomic E-state index is 14.3. The van der Waals surface area contributed by atoms with E-state index in [1.54, 1.807) is 0 Å². The van der Waals surface area contributed by atoms with Crippen molar-refractivity contribution < 1.29 is 22.4 Å². The van der Waals surface area contributed by atoms with Crippen LogP contribution in [0.15, 0.2) is 22.7 Å². The van der Waals surface area contributed by atoms with Crippen LogP contribution in [-0.4, -0.2) is 26.6 Å². The molecule has 26 heavy (non-hydrogen) atoms. The molecule has 0 atom stereocenters. The first-order valence-corrected chi connectivity index (χ1v) is 8.74. The van der Waals surface area contributed by atoms with E-state index in [2.05, 4.69) is 21.0 Å². The molecule has 9 heteroatoms. The third-order valence-corrected chi connectivity index (χ3v) is 4.82. The fraction of sp³-hybridized carbons (Fsp3) is 0.412. The molecule has 0 N–H and O–H groups in total. The Morgan fingerprint density at radius 1 is 1.38 bits per heavy atom. The number of aryl methyl sites for hydroxylation is 2. The van der Waals surface area contributed by atoms with Crippen molar-refractivity contribution in [2.75, 3.05) is 0 Å². The summed E-state index contributed by atoms with van der Waals surface area (Å²) in [5.41, 5.74) is -0.814. The summed E-state index contributed by atoms with van der Waals surface area (Å²) in [6.45, 7) is 1.26. The highest BCUT2D eigenvalue weighted by molar-refractivity contribution is 9.10. The van der Waals surface area contributed by atoms with Gasteiger partial charge in [0, 0.05) is 24.1 Å². The number of alkyl halides is 3. The van der Waals surface area contributed by atoms with Crippen LogP contribution >= 0.6 is 15.9 Å². The first-order chi connectivity index (χ1) is 12.1. The van der Waals surface area contributed by atoms with Gasteiger partial charge in [0.2, 0.25) is 5.95 Å². The van der Waals surface area contributed by atoms with Crippen molar-refractivity contribution in [3.63, 3.8) is 0 Å². The van der Waals surface area contributed by atoms with Crippen LogP contribution in [0.3, 0.4) is 0 Å². The minimum atomic E-state index is -4.54. The van der Waals surface area contributed by atoms with Crippen LogP contribution in [0.2, 0.25) is 0 Å². The van der Waals surface area contributed by atoms with E-state index < -0.39 is 23.6 Å². The number of hydrogen-bond acceptors (Lipinski definition) is 2. The third-order valence-electron chi connectivity index (χ3n) is 4.33. The highest BCUT2D eigenvalue weighted by atomic mass is 79.9. The zero-order valence-electron chi connectivity index (χ0n) is 14.1. The summed E-state index contributed by atoms with van der Waals surface area (Å²) in [6.07, 6.45) is -3.17. The molecule has 0 unspecified atom stereocenters. The van der Waals surface area contributed by atoms with Crippen LogP contribution < -0.4 is 0 Å². The molecule has 2 aromatic rings. The average Bonchev–Trinajstić information content (AvgIpc) is 3.32. The molecule has 1 amide bonds. The molecule has 140 valence electrons. The quantitative estimate of drug-likeness (QED) is 0.667. The maximum Gasteiger partial charge on any atom is 0.416 e. The van der Waals surface area contributed by atoms with Crippen molar-refractivity contribution in [2.45, 2.75) is 38.5 Å². The Bertz CT molecular complexity index is 858. The van der Waals surface area contributed by atoms with E-state index in [9.17, 15) is 22.4 Å². The van der Waals surface area contributed by atoms with Crippen molar-refractivity contribution in [1.29, 1.82) is 0 Å². The van der Waals surface area contributed by atoms with Gasteiger partial charge in [-0.05, 0) is 43.5 Å². The third kappa shape index (κ3) is 3.62. The Labute approximate surface area is 155 Å². The van der Waals surface area contributed by atoms with Crippen molar-refractivity contribution in [1.82, 2.24) is 14.7 Å². The lowest BCUT2D eigenvalue weighted by molar-refractivity contribution is -0.138. The molecule has 1 aromatic heterocycles. The molecule has 0 radical (unpaired) electrons. The summed E-state index contributed by atoms with van der Waals surface area (Å²) >= 11 is 3.17. The predicted molar refractivity (Wildman–Crippen MR) is 89.9 cm³/mol. The number of amides is 1. The van der Waals surface area contributed by atoms with Gasteiger partial charge >= 0.3 is 6.18 Å². The molecule has 1 fully saturated rings. The largest absolute Gasteiger partial charge is 0.416 e. The Morgan fingerprint density at radius 2 is 2.04 bits per heavy atom. The molecule has 1 aromatic carbocycles. The van der Waals surface area contributed by atoms with Crippen molar-refractivity contribution >= 4 is 21.8 Å². The zero-order valence-corrected chi connectivity index (χ0v) is 15.7. The fourth-order valence-corrected chi connectivity index (χ4v) is 3.33. The molecule has 0 bridgehead atoms. The van der Waals surface area contributed by atoms with Gasteiger partial charge in [-0.15, -0.1) is 0 Å². The van der Waals surface area contributed by atoms with Gasteiger partial charge in [0.1, 0.15) is 5.56 Å². The van der Waals surface area contributed by atoms with Crippen molar-refractivity contribution in [3.05, 3.63) is 51.0 Å². The summed E-state index contributed by atoms with van der Waals surface area (Å²) in [4.78, 5) is 14.2. The van der Waals surface area contributed by atoms with Gasteiger partial charge in [-0.25, -0.2) is 4.68 Å². The van der Waals surface area contributed by atoms with E-state index >= 15 is 0 Å². The minimum Gasteiger partial charge on any atom is -0.331 e. The van der Waals surface area contributed by atoms with Crippen molar-refractivity contribution in [3.8, 4) is 0 Å². The second-order valence-electron chi connectivity index (χ2n) is 6.34. The highest BCUT2D eigenvalue weighted by Crippen LogP contribution is 2.36. The van der Waals surface area contributed by atoms with Gasteiger partial charge in [0.25, 0.3) is 5.91 Å². The van der Waals surface area contributed by atoms with Crippen LogP contribution in [0.25, 0.3) is 0 Å². The molecule has 1 heterocycles. The van der Waals surface area contributed by atoms with E-state index in [0.29, 0.717) is 17.3 Å². The molecule has 4 nitrogen and oxygen atoms in total. The Hall–Kier alpha value is -1.90. The molecule has 3 rings (SSSR count). The van der Waals surface area contributed by atoms with Gasteiger partial charge in [0.15, 0.2) is 0 Å². The number of halogens is 5. The Morgan fingerprint density at radius 3 is 2.54 bits per heavy atom. The zero-order chi connectivity index (χ0) is 19.2. The highest BCUT2D eigenvalue weighted by Gasteiger charge is 2.39. The Balaban J connectivity index is 1.98. The van der Waals surface area contributed by atoms with E-state index in [0.717, 1.165) is 10.7 Å². The first-order valence-electron chi connectivity index (χ1n) is 7.95. The van der Waals surface area contributed by atoms with Gasteiger partial charge in [-0.2, -0.15) is 22.7 Å². The molecule has 0 spiro atoms. The van der Waals surface area contributed by atoms with Crippen LogP contribution in [0.5, 0.6) is 0 Å². The lowest BCUT2D eigenvalue weighted by Gasteiger charge is -2.24. The monoisotopic (exact) mass is 433 g/mol. The van der Waals surface area contributed by atoms with Gasteiger partial charge < -0.3 is 4.90 Å². The summed E-state index contributed by atoms with van der Waals surface area (Å²) in [7, 11) is 1.37. The summed E-state index contributed by atoms with van der Waals surface area (Å²) in [5, 5.41) is 3.88. The smallest absolute Gasteiger partial charge is 0.331 e. The van der Waals surface area contributed by atoms with Gasteiger partial charge in [-0.3, -0.25) is 4.79 Å². The molecule has 0 saturated heterocycles. The van der Waals surface area contributed by atoms with E-state index in [1.165, 1.54) is 31.0 Å². The number of carbonyl (C=O) groups excluding carboxylic acids is 1. The molecule has 0 aliphatic heterocycles. The van der Waals surface area contributed by atoms with E-state index in [-0.39, 0.29) is 29.4 Å². The maximum atomic E-state index is 14.3. The molecular weight excluding hydrogens is 418 g/mol. The number of nitrogens with zero attached hydrogens (tertiary/aromatic N) is 3. The minimum absolute atomic E-state index is 0.0333. The van der Waals surface area contributed by atoms with E-state index in [1.807, 2.05) is 0 Å². The molecule has 1 saturated carbocycles. The van der Waals surface area contributed by atoms with Gasteiger partial charge in [-0.1, -0.05) is 15.9 Å². The Kier molecular flexibility index (Phi) is 4.85. The van der Waals surface area contributed by atoms with E-state index in [4.69, 9.17) is 0 Å². The second-order valence-corrected chi connectivity index (χ2v) is 7.25. The fourth-order valence-electron chi connectivity index (χ4n) is 2.92. The summed E-state index contributed by atoms with van der Waals surface area (Å²) in [6, 6.07) is 3.44. The van der Waals surface area contributed by atoms with Crippen molar-refractivity contribution in [2.24, 2.45) is 7.05 Å². The van der Waals surface area contributed by atoms with Crippen LogP contribution in [0.4, 0.5) is 17.6 Å². The number of benzene rings is 1. The standard InChI is InChI=1S/C17H16BrF4N3O/c1-9-14(15(19)24(2)23-9)16(26)25(12-4-5-12)8-10-7-11(18)3-6-13(10)17(20,21)22/h3,6-7,12H,4-5,8H2,1-2H3. The average molecular weight is 434 g/mol. The molecule has 1 aliphatic rings. The van der Waals surface area contributed by atoms with Crippen LogP contribution in [0.1, 0.15) is 40.0 Å². The lowest BCUT2D eigenvalue weighted by Crippen LogP contribution is -2.34. The number of aromatic nitrogens is 2. The van der Waals surface area contributed by atoms with Crippen LogP contribution in [-0.2, 0) is 19.8 Å². The summed E-state index contributed by atoms with van der Waals surface area (Å²) < 4.78 is 55.6.